The first-order chi connectivity index (χ1) is 8.34. The Labute approximate surface area is 98.0 Å². The van der Waals surface area contributed by atoms with E-state index in [1.54, 1.807) is 6.33 Å². The van der Waals surface area contributed by atoms with Gasteiger partial charge in [-0.15, -0.1) is 0 Å². The summed E-state index contributed by atoms with van der Waals surface area (Å²) in [6.07, 6.45) is 3.33. The normalized spacial score (nSPS) is 20.8. The number of nitrogen functional groups attached to an aromatic ring is 1. The van der Waals surface area contributed by atoms with Crippen LogP contribution in [0.5, 0.6) is 0 Å². The number of rotatable bonds is 2. The van der Waals surface area contributed by atoms with Crippen LogP contribution in [0.4, 0.5) is 5.82 Å². The van der Waals surface area contributed by atoms with Crippen molar-refractivity contribution in [2.75, 3.05) is 25.4 Å². The van der Waals surface area contributed by atoms with Gasteiger partial charge in [-0.3, -0.25) is 0 Å². The van der Waals surface area contributed by atoms with Crippen LogP contribution in [-0.2, 0) is 11.3 Å². The Morgan fingerprint density at radius 3 is 3.24 bits per heavy atom. The summed E-state index contributed by atoms with van der Waals surface area (Å²) in [5.74, 6) is 0.413. The van der Waals surface area contributed by atoms with Crippen molar-refractivity contribution in [1.82, 2.24) is 24.8 Å². The van der Waals surface area contributed by atoms with Gasteiger partial charge in [-0.2, -0.15) is 0 Å². The molecule has 2 aromatic rings. The van der Waals surface area contributed by atoms with Gasteiger partial charge >= 0.3 is 0 Å². The first-order valence-corrected chi connectivity index (χ1v) is 5.58. The minimum absolute atomic E-state index is 0.150. The van der Waals surface area contributed by atoms with Crippen molar-refractivity contribution in [3.63, 3.8) is 0 Å². The van der Waals surface area contributed by atoms with Crippen LogP contribution in [0.25, 0.3) is 11.2 Å². The summed E-state index contributed by atoms with van der Waals surface area (Å²) in [4.78, 5) is 12.3. The number of nitrogens with zero attached hydrogens (tertiary/aromatic N) is 4. The second kappa shape index (κ2) is 4.27. The molecule has 3 heterocycles. The number of imidazole rings is 1. The molecule has 1 fully saturated rings. The molecule has 90 valence electrons. The van der Waals surface area contributed by atoms with Gasteiger partial charge in [0.15, 0.2) is 11.5 Å². The molecular weight excluding hydrogens is 220 g/mol. The van der Waals surface area contributed by atoms with Crippen LogP contribution in [0.15, 0.2) is 12.7 Å². The highest BCUT2D eigenvalue weighted by atomic mass is 16.5. The maximum Gasteiger partial charge on any atom is 0.165 e. The number of nitrogens with two attached hydrogens (primary N) is 1. The van der Waals surface area contributed by atoms with Crippen molar-refractivity contribution in [2.24, 2.45) is 0 Å². The minimum Gasteiger partial charge on any atom is -0.382 e. The van der Waals surface area contributed by atoms with Gasteiger partial charge in [-0.1, -0.05) is 0 Å². The number of aromatic nitrogens is 4. The van der Waals surface area contributed by atoms with E-state index in [1.807, 2.05) is 4.57 Å². The van der Waals surface area contributed by atoms with Crippen LogP contribution in [0, 0.1) is 0 Å². The van der Waals surface area contributed by atoms with Crippen LogP contribution < -0.4 is 11.1 Å². The Hall–Kier alpha value is -1.73. The molecule has 17 heavy (non-hydrogen) atoms. The quantitative estimate of drug-likeness (QED) is 0.721. The Balaban J connectivity index is 1.87. The summed E-state index contributed by atoms with van der Waals surface area (Å²) in [7, 11) is 0. The van der Waals surface area contributed by atoms with Crippen LogP contribution in [0.1, 0.15) is 0 Å². The lowest BCUT2D eigenvalue weighted by atomic mass is 10.3. The molecule has 7 heteroatoms. The van der Waals surface area contributed by atoms with E-state index in [0.717, 1.165) is 31.9 Å². The minimum atomic E-state index is 0.150. The zero-order valence-corrected chi connectivity index (χ0v) is 9.33. The number of morpholine rings is 1. The molecule has 1 aliphatic rings. The third-order valence-corrected chi connectivity index (χ3v) is 2.83. The fourth-order valence-corrected chi connectivity index (χ4v) is 1.99. The van der Waals surface area contributed by atoms with Crippen molar-refractivity contribution in [1.29, 1.82) is 0 Å². The van der Waals surface area contributed by atoms with Gasteiger partial charge in [-0.25, -0.2) is 15.0 Å². The second-order valence-corrected chi connectivity index (χ2v) is 4.02. The zero-order valence-electron chi connectivity index (χ0n) is 9.33. The second-order valence-electron chi connectivity index (χ2n) is 4.02. The molecule has 0 aliphatic carbocycles. The van der Waals surface area contributed by atoms with E-state index < -0.39 is 0 Å². The summed E-state index contributed by atoms with van der Waals surface area (Å²) < 4.78 is 7.59. The topological polar surface area (TPSA) is 90.9 Å². The van der Waals surface area contributed by atoms with Gasteiger partial charge in [0.2, 0.25) is 0 Å². The molecule has 1 unspecified atom stereocenters. The van der Waals surface area contributed by atoms with E-state index in [4.69, 9.17) is 10.5 Å². The van der Waals surface area contributed by atoms with Crippen molar-refractivity contribution in [2.45, 2.75) is 12.6 Å². The third-order valence-electron chi connectivity index (χ3n) is 2.83. The molecule has 3 rings (SSSR count). The maximum absolute atomic E-state index is 5.73. The lowest BCUT2D eigenvalue weighted by Gasteiger charge is -2.23. The summed E-state index contributed by atoms with van der Waals surface area (Å²) >= 11 is 0. The molecule has 0 radical (unpaired) electrons. The molecule has 0 spiro atoms. The number of nitrogens with one attached hydrogen (secondary N) is 1. The lowest BCUT2D eigenvalue weighted by molar-refractivity contribution is 0.0188. The average molecular weight is 234 g/mol. The molecule has 1 saturated heterocycles. The number of hydrogen-bond donors (Lipinski definition) is 2. The average Bonchev–Trinajstić information content (AvgIpc) is 2.76. The van der Waals surface area contributed by atoms with Gasteiger partial charge in [0.05, 0.1) is 25.6 Å². The molecule has 0 amide bonds. The van der Waals surface area contributed by atoms with Crippen LogP contribution in [0.3, 0.4) is 0 Å². The van der Waals surface area contributed by atoms with E-state index in [-0.39, 0.29) is 6.10 Å². The Bertz CT molecular complexity index is 518. The van der Waals surface area contributed by atoms with E-state index in [9.17, 15) is 0 Å². The Morgan fingerprint density at radius 2 is 2.41 bits per heavy atom. The van der Waals surface area contributed by atoms with Gasteiger partial charge < -0.3 is 20.4 Å². The number of fused-ring (bicyclic) bond motifs is 1. The van der Waals surface area contributed by atoms with E-state index >= 15 is 0 Å². The number of anilines is 1. The van der Waals surface area contributed by atoms with E-state index in [0.29, 0.717) is 11.3 Å². The largest absolute Gasteiger partial charge is 0.382 e. The summed E-state index contributed by atoms with van der Waals surface area (Å²) in [5.41, 5.74) is 7.14. The molecular formula is C10H14N6O. The monoisotopic (exact) mass is 234 g/mol. The first-order valence-electron chi connectivity index (χ1n) is 5.58. The van der Waals surface area contributed by atoms with Gasteiger partial charge in [0.25, 0.3) is 0 Å². The summed E-state index contributed by atoms with van der Waals surface area (Å²) in [6.45, 7) is 3.23. The standard InChI is InChI=1S/C10H14N6O/c11-9-8-10(14-5-13-9)16(6-15-8)4-7-3-12-1-2-17-7/h5-7,12H,1-4H2,(H2,11,13,14). The highest BCUT2D eigenvalue weighted by Gasteiger charge is 2.16. The first kappa shape index (κ1) is 10.4. The van der Waals surface area contributed by atoms with Crippen molar-refractivity contribution in [3.05, 3.63) is 12.7 Å². The highest BCUT2D eigenvalue weighted by Crippen LogP contribution is 2.15. The number of ether oxygens (including phenoxy) is 1. The smallest absolute Gasteiger partial charge is 0.165 e. The fraction of sp³-hybridized carbons (Fsp3) is 0.500. The third kappa shape index (κ3) is 1.94. The molecule has 0 bridgehead atoms. The molecule has 1 atom stereocenters. The zero-order chi connectivity index (χ0) is 11.7. The van der Waals surface area contributed by atoms with Gasteiger partial charge in [0, 0.05) is 13.1 Å². The lowest BCUT2D eigenvalue weighted by Crippen LogP contribution is -2.40. The van der Waals surface area contributed by atoms with E-state index in [1.165, 1.54) is 6.33 Å². The van der Waals surface area contributed by atoms with Crippen LogP contribution in [0.2, 0.25) is 0 Å². The van der Waals surface area contributed by atoms with Crippen molar-refractivity contribution in [3.8, 4) is 0 Å². The van der Waals surface area contributed by atoms with Crippen molar-refractivity contribution < 1.29 is 4.74 Å². The Kier molecular flexibility index (Phi) is 2.62. The molecule has 3 N–H and O–H groups in total. The van der Waals surface area contributed by atoms with E-state index in [2.05, 4.69) is 20.3 Å². The van der Waals surface area contributed by atoms with Crippen molar-refractivity contribution >= 4 is 17.0 Å². The SMILES string of the molecule is Nc1ncnc2c1ncn2CC1CNCCO1. The van der Waals surface area contributed by atoms with Crippen LogP contribution in [-0.4, -0.2) is 45.3 Å². The summed E-state index contributed by atoms with van der Waals surface area (Å²) in [5, 5.41) is 3.29. The predicted octanol–water partition coefficient (Wildman–Crippen LogP) is -0.603. The Morgan fingerprint density at radius 1 is 1.47 bits per heavy atom. The molecule has 0 saturated carbocycles. The number of hydrogen-bond acceptors (Lipinski definition) is 6. The molecule has 7 nitrogen and oxygen atoms in total. The highest BCUT2D eigenvalue weighted by molar-refractivity contribution is 5.81. The van der Waals surface area contributed by atoms with Gasteiger partial charge in [-0.05, 0) is 0 Å². The fourth-order valence-electron chi connectivity index (χ4n) is 1.99. The van der Waals surface area contributed by atoms with Crippen LogP contribution >= 0.6 is 0 Å². The predicted molar refractivity (Wildman–Crippen MR) is 62.3 cm³/mol. The molecule has 0 aromatic carbocycles. The molecule has 1 aliphatic heterocycles. The molecule has 2 aromatic heterocycles. The summed E-state index contributed by atoms with van der Waals surface area (Å²) in [6, 6.07) is 0. The maximum atomic E-state index is 5.73. The van der Waals surface area contributed by atoms with Gasteiger partial charge in [0.1, 0.15) is 11.8 Å².